The fraction of sp³-hybridized carbons (Fsp3) is 0. The van der Waals surface area contributed by atoms with E-state index in [1.807, 2.05) is 0 Å². The van der Waals surface area contributed by atoms with Crippen LogP contribution in [-0.2, 0) is 0 Å². The second-order valence-electron chi connectivity index (χ2n) is 3.38. The summed E-state index contributed by atoms with van der Waals surface area (Å²) in [5, 5.41) is 13.1. The highest BCUT2D eigenvalue weighted by atomic mass is 19.1. The van der Waals surface area contributed by atoms with Crippen LogP contribution in [0.1, 0.15) is 0 Å². The van der Waals surface area contributed by atoms with E-state index in [4.69, 9.17) is 0 Å². The average molecular weight is 251 g/mol. The summed E-state index contributed by atoms with van der Waals surface area (Å²) in [6.07, 6.45) is 1.31. The molecule has 1 N–H and O–H groups in total. The molecule has 2 aromatic rings. The van der Waals surface area contributed by atoms with E-state index in [0.29, 0.717) is 0 Å². The van der Waals surface area contributed by atoms with E-state index >= 15 is 0 Å². The molecule has 1 aromatic heterocycles. The average Bonchev–Trinajstić information content (AvgIpc) is 2.34. The molecule has 0 aliphatic carbocycles. The van der Waals surface area contributed by atoms with E-state index in [0.717, 1.165) is 18.2 Å². The van der Waals surface area contributed by atoms with Gasteiger partial charge < -0.3 is 5.32 Å². The van der Waals surface area contributed by atoms with Crippen LogP contribution >= 0.6 is 0 Å². The predicted molar refractivity (Wildman–Crippen MR) is 60.5 cm³/mol. The Kier molecular flexibility index (Phi) is 3.13. The smallest absolute Gasteiger partial charge is 0.311 e. The SMILES string of the molecule is O=[N+]([O-])c1cccnc1Nc1cc(F)ccc1F. The fourth-order valence-electron chi connectivity index (χ4n) is 1.36. The van der Waals surface area contributed by atoms with Crippen molar-refractivity contribution in [2.45, 2.75) is 0 Å². The number of benzene rings is 1. The van der Waals surface area contributed by atoms with Gasteiger partial charge in [0.25, 0.3) is 0 Å². The molecule has 0 saturated carbocycles. The van der Waals surface area contributed by atoms with E-state index in [-0.39, 0.29) is 17.2 Å². The van der Waals surface area contributed by atoms with Gasteiger partial charge in [-0.05, 0) is 18.2 Å². The van der Waals surface area contributed by atoms with Gasteiger partial charge in [0.05, 0.1) is 10.6 Å². The van der Waals surface area contributed by atoms with Crippen LogP contribution in [0.25, 0.3) is 0 Å². The number of halogens is 2. The third-order valence-electron chi connectivity index (χ3n) is 2.16. The van der Waals surface area contributed by atoms with Crippen LogP contribution in [0.2, 0.25) is 0 Å². The third-order valence-corrected chi connectivity index (χ3v) is 2.16. The van der Waals surface area contributed by atoms with Crippen LogP contribution in [-0.4, -0.2) is 9.91 Å². The molecule has 1 aromatic carbocycles. The van der Waals surface area contributed by atoms with Gasteiger partial charge in [-0.1, -0.05) is 0 Å². The first-order valence-corrected chi connectivity index (χ1v) is 4.89. The Morgan fingerprint density at radius 3 is 2.78 bits per heavy atom. The number of nitrogens with zero attached hydrogens (tertiary/aromatic N) is 2. The second-order valence-corrected chi connectivity index (χ2v) is 3.38. The quantitative estimate of drug-likeness (QED) is 0.672. The lowest BCUT2D eigenvalue weighted by atomic mass is 10.3. The Morgan fingerprint density at radius 2 is 2.06 bits per heavy atom. The van der Waals surface area contributed by atoms with Gasteiger partial charge in [0, 0.05) is 18.3 Å². The number of anilines is 2. The molecule has 1 heterocycles. The van der Waals surface area contributed by atoms with Gasteiger partial charge in [0.15, 0.2) is 0 Å². The summed E-state index contributed by atoms with van der Waals surface area (Å²) in [6, 6.07) is 5.37. The first-order valence-electron chi connectivity index (χ1n) is 4.89. The van der Waals surface area contributed by atoms with Gasteiger partial charge in [0.2, 0.25) is 5.82 Å². The maximum atomic E-state index is 13.4. The number of pyridine rings is 1. The van der Waals surface area contributed by atoms with E-state index < -0.39 is 16.6 Å². The van der Waals surface area contributed by atoms with Gasteiger partial charge in [-0.15, -0.1) is 0 Å². The summed E-state index contributed by atoms with van der Waals surface area (Å²) in [5.74, 6) is -1.53. The Morgan fingerprint density at radius 1 is 1.28 bits per heavy atom. The van der Waals surface area contributed by atoms with E-state index in [1.165, 1.54) is 18.3 Å². The van der Waals surface area contributed by atoms with Crippen LogP contribution in [0.3, 0.4) is 0 Å². The molecule has 5 nitrogen and oxygen atoms in total. The van der Waals surface area contributed by atoms with Crippen molar-refractivity contribution >= 4 is 17.2 Å². The van der Waals surface area contributed by atoms with Gasteiger partial charge in [-0.2, -0.15) is 0 Å². The molecule has 0 amide bonds. The van der Waals surface area contributed by atoms with Gasteiger partial charge in [-0.3, -0.25) is 10.1 Å². The van der Waals surface area contributed by atoms with Crippen molar-refractivity contribution in [1.29, 1.82) is 0 Å². The van der Waals surface area contributed by atoms with Gasteiger partial charge in [0.1, 0.15) is 11.6 Å². The first kappa shape index (κ1) is 11.9. The minimum Gasteiger partial charge on any atom is -0.332 e. The number of nitrogens with one attached hydrogen (secondary N) is 1. The lowest BCUT2D eigenvalue weighted by molar-refractivity contribution is -0.384. The highest BCUT2D eigenvalue weighted by Gasteiger charge is 2.15. The molecule has 0 saturated heterocycles. The zero-order chi connectivity index (χ0) is 13.1. The monoisotopic (exact) mass is 251 g/mol. The molecule has 18 heavy (non-hydrogen) atoms. The Balaban J connectivity index is 2.40. The highest BCUT2D eigenvalue weighted by Crippen LogP contribution is 2.26. The Hall–Kier alpha value is -2.57. The maximum Gasteiger partial charge on any atom is 0.311 e. The minimum absolute atomic E-state index is 0.146. The number of nitro groups is 1. The van der Waals surface area contributed by atoms with Crippen molar-refractivity contribution in [3.63, 3.8) is 0 Å². The summed E-state index contributed by atoms with van der Waals surface area (Å²) in [5.41, 5.74) is -0.530. The molecule has 0 atom stereocenters. The van der Waals surface area contributed by atoms with Crippen LogP contribution in [0.5, 0.6) is 0 Å². The summed E-state index contributed by atoms with van der Waals surface area (Å²) in [4.78, 5) is 13.8. The fourth-order valence-corrected chi connectivity index (χ4v) is 1.36. The zero-order valence-electron chi connectivity index (χ0n) is 8.93. The molecule has 0 fully saturated rings. The Bertz CT molecular complexity index is 605. The van der Waals surface area contributed by atoms with E-state index in [9.17, 15) is 18.9 Å². The molecule has 0 aliphatic rings. The third kappa shape index (κ3) is 2.40. The van der Waals surface area contributed by atoms with Crippen LogP contribution in [0.4, 0.5) is 26.0 Å². The molecule has 7 heteroatoms. The standard InChI is InChI=1S/C11H7F2N3O2/c12-7-3-4-8(13)9(6-7)15-11-10(16(17)18)2-1-5-14-11/h1-6H,(H,14,15). The first-order chi connectivity index (χ1) is 8.58. The maximum absolute atomic E-state index is 13.4. The van der Waals surface area contributed by atoms with Crippen molar-refractivity contribution in [2.24, 2.45) is 0 Å². The van der Waals surface area contributed by atoms with Crippen molar-refractivity contribution in [3.8, 4) is 0 Å². The summed E-state index contributed by atoms with van der Waals surface area (Å²) in [7, 11) is 0. The van der Waals surface area contributed by atoms with E-state index in [2.05, 4.69) is 10.3 Å². The molecular formula is C11H7F2N3O2. The molecule has 0 unspecified atom stereocenters. The second kappa shape index (κ2) is 4.74. The normalized spacial score (nSPS) is 10.1. The predicted octanol–water partition coefficient (Wildman–Crippen LogP) is 3.01. The molecule has 92 valence electrons. The largest absolute Gasteiger partial charge is 0.332 e. The topological polar surface area (TPSA) is 68.1 Å². The number of hydrogen-bond donors (Lipinski definition) is 1. The number of aromatic nitrogens is 1. The summed E-state index contributed by atoms with van der Waals surface area (Å²) in [6.45, 7) is 0. The Labute approximate surface area is 100 Å². The van der Waals surface area contributed by atoms with Crippen molar-refractivity contribution in [3.05, 3.63) is 58.3 Å². The zero-order valence-corrected chi connectivity index (χ0v) is 8.93. The van der Waals surface area contributed by atoms with Gasteiger partial charge in [-0.25, -0.2) is 13.8 Å². The summed E-state index contributed by atoms with van der Waals surface area (Å²) < 4.78 is 26.3. The van der Waals surface area contributed by atoms with Crippen LogP contribution in [0, 0.1) is 21.7 Å². The van der Waals surface area contributed by atoms with Crippen LogP contribution in [0.15, 0.2) is 36.5 Å². The van der Waals surface area contributed by atoms with E-state index in [1.54, 1.807) is 0 Å². The molecule has 0 bridgehead atoms. The van der Waals surface area contributed by atoms with Crippen molar-refractivity contribution in [2.75, 3.05) is 5.32 Å². The summed E-state index contributed by atoms with van der Waals surface area (Å²) >= 11 is 0. The van der Waals surface area contributed by atoms with Crippen molar-refractivity contribution < 1.29 is 13.7 Å². The molecule has 2 rings (SSSR count). The lowest BCUT2D eigenvalue weighted by Crippen LogP contribution is -2.01. The molecule has 0 spiro atoms. The van der Waals surface area contributed by atoms with Gasteiger partial charge >= 0.3 is 5.69 Å². The molecule has 0 radical (unpaired) electrons. The lowest BCUT2D eigenvalue weighted by Gasteiger charge is -2.06. The molecule has 0 aliphatic heterocycles. The highest BCUT2D eigenvalue weighted by molar-refractivity contribution is 5.65. The van der Waals surface area contributed by atoms with Crippen molar-refractivity contribution in [1.82, 2.24) is 4.98 Å². The molecular weight excluding hydrogens is 244 g/mol. The van der Waals surface area contributed by atoms with Crippen LogP contribution < -0.4 is 5.32 Å². The number of hydrogen-bond acceptors (Lipinski definition) is 4. The minimum atomic E-state index is -0.726. The number of rotatable bonds is 3.